The standard InChI is InChI=1S/C27H22N2O/c1-15-11-12-28-21(13-15)22-16(2)9-10-18-24-26(30-25(18)22)23-17-7-5-6-8-19(17)27(3,4)20(23)14-29-24/h5-14H,1-4H3. The van der Waals surface area contributed by atoms with Gasteiger partial charge in [0, 0.05) is 34.3 Å². The summed E-state index contributed by atoms with van der Waals surface area (Å²) >= 11 is 0. The van der Waals surface area contributed by atoms with Gasteiger partial charge in [-0.1, -0.05) is 44.2 Å². The van der Waals surface area contributed by atoms with Crippen LogP contribution in [0.4, 0.5) is 0 Å². The van der Waals surface area contributed by atoms with E-state index in [1.165, 1.54) is 27.8 Å². The highest BCUT2D eigenvalue weighted by atomic mass is 16.3. The van der Waals surface area contributed by atoms with Crippen LogP contribution < -0.4 is 0 Å². The number of rotatable bonds is 1. The molecule has 3 aromatic heterocycles. The SMILES string of the molecule is Cc1ccnc(-c2c(C)ccc3c2oc2c4c(cnc23)C(C)(C)c2ccccc2-4)c1. The van der Waals surface area contributed by atoms with Crippen LogP contribution in [0.3, 0.4) is 0 Å². The maximum Gasteiger partial charge on any atom is 0.162 e. The molecule has 3 heteroatoms. The molecule has 0 saturated carbocycles. The monoisotopic (exact) mass is 390 g/mol. The van der Waals surface area contributed by atoms with Crippen molar-refractivity contribution in [2.75, 3.05) is 0 Å². The molecule has 146 valence electrons. The van der Waals surface area contributed by atoms with Crippen LogP contribution in [0.5, 0.6) is 0 Å². The topological polar surface area (TPSA) is 38.9 Å². The molecule has 2 aromatic carbocycles. The van der Waals surface area contributed by atoms with E-state index < -0.39 is 0 Å². The Bertz CT molecular complexity index is 1490. The fraction of sp³-hybridized carbons (Fsp3) is 0.185. The van der Waals surface area contributed by atoms with Gasteiger partial charge in [0.25, 0.3) is 0 Å². The third-order valence-corrected chi connectivity index (χ3v) is 6.57. The van der Waals surface area contributed by atoms with E-state index in [2.05, 4.69) is 75.1 Å². The van der Waals surface area contributed by atoms with Crippen molar-refractivity contribution in [3.05, 3.63) is 83.2 Å². The predicted octanol–water partition coefficient (Wildman–Crippen LogP) is 6.97. The average molecular weight is 390 g/mol. The summed E-state index contributed by atoms with van der Waals surface area (Å²) < 4.78 is 6.65. The minimum atomic E-state index is -0.0943. The molecule has 0 radical (unpaired) electrons. The van der Waals surface area contributed by atoms with Gasteiger partial charge in [-0.05, 0) is 59.9 Å². The molecular formula is C27H22N2O. The van der Waals surface area contributed by atoms with E-state index in [0.29, 0.717) is 0 Å². The molecule has 0 unspecified atom stereocenters. The summed E-state index contributed by atoms with van der Waals surface area (Å²) in [7, 11) is 0. The molecule has 0 saturated heterocycles. The smallest absolute Gasteiger partial charge is 0.162 e. The number of aryl methyl sites for hydroxylation is 2. The van der Waals surface area contributed by atoms with E-state index in [-0.39, 0.29) is 5.41 Å². The molecule has 3 nitrogen and oxygen atoms in total. The summed E-state index contributed by atoms with van der Waals surface area (Å²) in [6, 6.07) is 17.0. The quantitative estimate of drug-likeness (QED) is 0.310. The van der Waals surface area contributed by atoms with Crippen LogP contribution in [0.1, 0.15) is 36.1 Å². The van der Waals surface area contributed by atoms with Crippen LogP contribution in [0.2, 0.25) is 0 Å². The molecule has 0 amide bonds. The second kappa shape index (κ2) is 5.79. The normalized spacial score (nSPS) is 14.3. The zero-order valence-electron chi connectivity index (χ0n) is 17.6. The molecule has 0 aliphatic heterocycles. The summed E-state index contributed by atoms with van der Waals surface area (Å²) in [4.78, 5) is 9.53. The third kappa shape index (κ3) is 2.15. The van der Waals surface area contributed by atoms with Gasteiger partial charge in [0.1, 0.15) is 11.1 Å². The highest BCUT2D eigenvalue weighted by molar-refractivity contribution is 6.12. The molecule has 0 atom stereocenters. The lowest BCUT2D eigenvalue weighted by Crippen LogP contribution is -2.15. The molecular weight excluding hydrogens is 368 g/mol. The van der Waals surface area contributed by atoms with Crippen molar-refractivity contribution in [2.45, 2.75) is 33.1 Å². The fourth-order valence-electron chi connectivity index (χ4n) is 4.98. The van der Waals surface area contributed by atoms with Crippen LogP contribution in [0.25, 0.3) is 44.5 Å². The van der Waals surface area contributed by atoms with Crippen molar-refractivity contribution in [3.63, 3.8) is 0 Å². The van der Waals surface area contributed by atoms with Crippen LogP contribution in [0, 0.1) is 13.8 Å². The van der Waals surface area contributed by atoms with Gasteiger partial charge in [-0.2, -0.15) is 0 Å². The maximum absolute atomic E-state index is 6.65. The molecule has 6 rings (SSSR count). The zero-order chi connectivity index (χ0) is 20.6. The molecule has 0 fully saturated rings. The number of pyridine rings is 2. The van der Waals surface area contributed by atoms with Crippen LogP contribution in [-0.2, 0) is 5.41 Å². The predicted molar refractivity (Wildman–Crippen MR) is 122 cm³/mol. The molecule has 30 heavy (non-hydrogen) atoms. The second-order valence-electron chi connectivity index (χ2n) is 8.85. The van der Waals surface area contributed by atoms with E-state index >= 15 is 0 Å². The van der Waals surface area contributed by atoms with Gasteiger partial charge in [-0.15, -0.1) is 0 Å². The van der Waals surface area contributed by atoms with Gasteiger partial charge in [0.15, 0.2) is 5.58 Å². The van der Waals surface area contributed by atoms with Gasteiger partial charge in [-0.25, -0.2) is 0 Å². The van der Waals surface area contributed by atoms with Crippen LogP contribution in [0.15, 0.2) is 65.3 Å². The Labute approximate surface area is 175 Å². The van der Waals surface area contributed by atoms with Gasteiger partial charge in [-0.3, -0.25) is 9.97 Å². The Balaban J connectivity index is 1.76. The summed E-state index contributed by atoms with van der Waals surface area (Å²) in [6.45, 7) is 8.73. The van der Waals surface area contributed by atoms with Crippen molar-refractivity contribution in [3.8, 4) is 22.4 Å². The Morgan fingerprint density at radius 1 is 0.833 bits per heavy atom. The van der Waals surface area contributed by atoms with Crippen molar-refractivity contribution in [2.24, 2.45) is 0 Å². The van der Waals surface area contributed by atoms with E-state index in [1.807, 2.05) is 18.5 Å². The van der Waals surface area contributed by atoms with Gasteiger partial charge < -0.3 is 4.42 Å². The Morgan fingerprint density at radius 2 is 1.67 bits per heavy atom. The van der Waals surface area contributed by atoms with Crippen molar-refractivity contribution in [1.29, 1.82) is 0 Å². The number of benzene rings is 2. The summed E-state index contributed by atoms with van der Waals surface area (Å²) in [5, 5.41) is 1.04. The summed E-state index contributed by atoms with van der Waals surface area (Å²) in [5.41, 5.74) is 11.9. The number of hydrogen-bond acceptors (Lipinski definition) is 3. The molecule has 5 aromatic rings. The van der Waals surface area contributed by atoms with Gasteiger partial charge in [0.2, 0.25) is 0 Å². The minimum Gasteiger partial charge on any atom is -0.453 e. The highest BCUT2D eigenvalue weighted by Gasteiger charge is 2.38. The molecule has 0 N–H and O–H groups in total. The van der Waals surface area contributed by atoms with Crippen molar-refractivity contribution >= 4 is 22.1 Å². The Hall–Kier alpha value is -3.46. The number of furan rings is 1. The molecule has 3 heterocycles. The molecule has 1 aliphatic rings. The van der Waals surface area contributed by atoms with Crippen LogP contribution in [-0.4, -0.2) is 9.97 Å². The van der Waals surface area contributed by atoms with E-state index in [9.17, 15) is 0 Å². The van der Waals surface area contributed by atoms with Crippen molar-refractivity contribution < 1.29 is 4.42 Å². The molecule has 1 aliphatic carbocycles. The third-order valence-electron chi connectivity index (χ3n) is 6.57. The first kappa shape index (κ1) is 17.4. The Morgan fingerprint density at radius 3 is 2.50 bits per heavy atom. The first-order valence-corrected chi connectivity index (χ1v) is 10.3. The van der Waals surface area contributed by atoms with Gasteiger partial charge in [0.05, 0.1) is 5.69 Å². The van der Waals surface area contributed by atoms with Crippen LogP contribution >= 0.6 is 0 Å². The van der Waals surface area contributed by atoms with E-state index in [4.69, 9.17) is 9.40 Å². The highest BCUT2D eigenvalue weighted by Crippen LogP contribution is 2.52. The lowest BCUT2D eigenvalue weighted by Gasteiger charge is -2.20. The zero-order valence-corrected chi connectivity index (χ0v) is 17.6. The second-order valence-corrected chi connectivity index (χ2v) is 8.85. The molecule has 0 spiro atoms. The first-order chi connectivity index (χ1) is 14.5. The summed E-state index contributed by atoms with van der Waals surface area (Å²) in [5.74, 6) is 0. The first-order valence-electron chi connectivity index (χ1n) is 10.3. The van der Waals surface area contributed by atoms with Gasteiger partial charge >= 0.3 is 0 Å². The number of nitrogens with zero attached hydrogens (tertiary/aromatic N) is 2. The minimum absolute atomic E-state index is 0.0943. The maximum atomic E-state index is 6.65. The largest absolute Gasteiger partial charge is 0.453 e. The summed E-state index contributed by atoms with van der Waals surface area (Å²) in [6.07, 6.45) is 3.90. The number of fused-ring (bicyclic) bond motifs is 7. The number of hydrogen-bond donors (Lipinski definition) is 0. The fourth-order valence-corrected chi connectivity index (χ4v) is 4.98. The average Bonchev–Trinajstić information content (AvgIpc) is 3.21. The van der Waals surface area contributed by atoms with Crippen molar-refractivity contribution in [1.82, 2.24) is 9.97 Å². The lowest BCUT2D eigenvalue weighted by atomic mass is 9.83. The number of aromatic nitrogens is 2. The van der Waals surface area contributed by atoms with E-state index in [1.54, 1.807) is 0 Å². The Kier molecular flexibility index (Phi) is 3.36. The molecule has 0 bridgehead atoms. The lowest BCUT2D eigenvalue weighted by molar-refractivity contribution is 0.650. The van der Waals surface area contributed by atoms with E-state index in [0.717, 1.165) is 38.9 Å².